The Kier molecular flexibility index (Phi) is 2.34. The van der Waals surface area contributed by atoms with Crippen LogP contribution in [0.3, 0.4) is 0 Å². The maximum Gasteiger partial charge on any atom is 0.273 e. The van der Waals surface area contributed by atoms with E-state index in [0.717, 1.165) is 6.92 Å². The van der Waals surface area contributed by atoms with Gasteiger partial charge in [-0.1, -0.05) is 0 Å². The van der Waals surface area contributed by atoms with Gasteiger partial charge in [-0.2, -0.15) is 0 Å². The third kappa shape index (κ3) is 1.84. The van der Waals surface area contributed by atoms with Gasteiger partial charge in [0.1, 0.15) is 0 Å². The molecule has 0 rings (SSSR count). The van der Waals surface area contributed by atoms with E-state index in [1.807, 2.05) is 0 Å². The molecule has 44 valence electrons. The lowest BCUT2D eigenvalue weighted by Gasteiger charge is -1.84. The largest absolute Gasteiger partial charge is 0.293 e. The first-order valence-corrected chi connectivity index (χ1v) is 2.23. The van der Waals surface area contributed by atoms with Crippen LogP contribution in [-0.2, 0) is 9.59 Å². The van der Waals surface area contributed by atoms with Gasteiger partial charge in [0.25, 0.3) is 5.24 Å². The lowest BCUT2D eigenvalue weighted by atomic mass is 10.3. The minimum atomic E-state index is -1.00. The smallest absolute Gasteiger partial charge is 0.273 e. The quantitative estimate of drug-likeness (QED) is 0.336. The number of nitrogens with one attached hydrogen (secondary N) is 1. The minimum Gasteiger partial charge on any atom is -0.293 e. The van der Waals surface area contributed by atoms with Gasteiger partial charge in [-0.15, -0.1) is 0 Å². The zero-order valence-corrected chi connectivity index (χ0v) is 4.95. The normalized spacial score (nSPS) is 8.25. The fraction of sp³-hybridized carbons (Fsp3) is 0.250. The van der Waals surface area contributed by atoms with Crippen molar-refractivity contribution in [2.75, 3.05) is 0 Å². The van der Waals surface area contributed by atoms with Gasteiger partial charge >= 0.3 is 0 Å². The molecule has 0 saturated heterocycles. The molecule has 1 N–H and O–H groups in total. The highest BCUT2D eigenvalue weighted by Crippen LogP contribution is 1.83. The van der Waals surface area contributed by atoms with E-state index in [1.54, 1.807) is 0 Å². The number of carbonyl (C=O) groups is 2. The summed E-state index contributed by atoms with van der Waals surface area (Å²) in [6, 6.07) is 0. The number of hydrogen-bond donors (Lipinski definition) is 1. The molecule has 0 fully saturated rings. The monoisotopic (exact) mass is 133 g/mol. The molecule has 0 aliphatic rings. The van der Waals surface area contributed by atoms with Crippen LogP contribution in [0.2, 0.25) is 0 Å². The Hall–Kier alpha value is -0.700. The first-order valence-electron chi connectivity index (χ1n) is 1.85. The number of ketones is 1. The van der Waals surface area contributed by atoms with Crippen molar-refractivity contribution in [2.45, 2.75) is 6.92 Å². The molecular formula is C4H4ClNO2. The molecule has 0 unspecified atom stereocenters. The van der Waals surface area contributed by atoms with Crippen molar-refractivity contribution in [2.24, 2.45) is 0 Å². The molecule has 3 nitrogen and oxygen atoms in total. The van der Waals surface area contributed by atoms with Crippen LogP contribution in [-0.4, -0.2) is 16.7 Å². The first kappa shape index (κ1) is 7.30. The highest BCUT2D eigenvalue weighted by Gasteiger charge is 2.09. The van der Waals surface area contributed by atoms with Crippen molar-refractivity contribution in [3.8, 4) is 0 Å². The number of hydrogen-bond acceptors (Lipinski definition) is 3. The molecule has 8 heavy (non-hydrogen) atoms. The van der Waals surface area contributed by atoms with Crippen molar-refractivity contribution in [1.29, 1.82) is 5.41 Å². The predicted octanol–water partition coefficient (Wildman–Crippen LogP) is 0.361. The number of Topliss-reactive ketones (excluding diaryl/α,β-unsaturated/α-hetero) is 1. The molecule has 4 heteroatoms. The lowest BCUT2D eigenvalue weighted by Crippen LogP contribution is -2.14. The highest BCUT2D eigenvalue weighted by molar-refractivity contribution is 6.90. The summed E-state index contributed by atoms with van der Waals surface area (Å²) >= 11 is 4.74. The van der Waals surface area contributed by atoms with Gasteiger partial charge in [-0.25, -0.2) is 0 Å². The maximum absolute atomic E-state index is 10.1. The molecule has 0 radical (unpaired) electrons. The maximum atomic E-state index is 10.1. The number of carbonyl (C=O) groups excluding carboxylic acids is 2. The molecule has 0 saturated carbocycles. The zero-order chi connectivity index (χ0) is 6.73. The van der Waals surface area contributed by atoms with Crippen LogP contribution >= 0.6 is 11.6 Å². The first-order chi connectivity index (χ1) is 3.55. The molecule has 0 heterocycles. The molecule has 0 spiro atoms. The van der Waals surface area contributed by atoms with Gasteiger partial charge in [0.2, 0.25) is 0 Å². The lowest BCUT2D eigenvalue weighted by molar-refractivity contribution is -0.113. The SMILES string of the molecule is CC(=O)C(=N)C(=O)Cl. The second-order valence-corrected chi connectivity index (χ2v) is 1.55. The number of halogens is 1. The second kappa shape index (κ2) is 2.57. The van der Waals surface area contributed by atoms with Gasteiger partial charge in [0, 0.05) is 6.92 Å². The Labute approximate surface area is 51.1 Å². The minimum absolute atomic E-state index is 0.606. The number of rotatable bonds is 2. The fourth-order valence-electron chi connectivity index (χ4n) is 0.138. The van der Waals surface area contributed by atoms with Gasteiger partial charge in [0.15, 0.2) is 11.5 Å². The average Bonchev–Trinajstić information content (AvgIpc) is 1.64. The van der Waals surface area contributed by atoms with Crippen molar-refractivity contribution in [3.05, 3.63) is 0 Å². The van der Waals surface area contributed by atoms with Crippen molar-refractivity contribution in [1.82, 2.24) is 0 Å². The molecule has 0 bridgehead atoms. The highest BCUT2D eigenvalue weighted by atomic mass is 35.5. The third-order valence-electron chi connectivity index (χ3n) is 0.549. The Morgan fingerprint density at radius 1 is 1.50 bits per heavy atom. The Bertz CT molecular complexity index is 136. The van der Waals surface area contributed by atoms with Crippen molar-refractivity contribution in [3.63, 3.8) is 0 Å². The van der Waals surface area contributed by atoms with E-state index < -0.39 is 16.7 Å². The van der Waals surface area contributed by atoms with Gasteiger partial charge in [0.05, 0.1) is 0 Å². The summed E-state index contributed by atoms with van der Waals surface area (Å²) in [5, 5.41) is 5.56. The van der Waals surface area contributed by atoms with Crippen molar-refractivity contribution < 1.29 is 9.59 Å². The molecular weight excluding hydrogens is 130 g/mol. The summed E-state index contributed by atoms with van der Waals surface area (Å²) < 4.78 is 0. The van der Waals surface area contributed by atoms with E-state index in [1.165, 1.54) is 0 Å². The average molecular weight is 134 g/mol. The van der Waals surface area contributed by atoms with E-state index in [-0.39, 0.29) is 0 Å². The van der Waals surface area contributed by atoms with Crippen LogP contribution in [0.4, 0.5) is 0 Å². The summed E-state index contributed by atoms with van der Waals surface area (Å²) in [5.74, 6) is -0.606. The topological polar surface area (TPSA) is 58.0 Å². The van der Waals surface area contributed by atoms with E-state index in [9.17, 15) is 9.59 Å². The van der Waals surface area contributed by atoms with E-state index in [4.69, 9.17) is 17.0 Å². The van der Waals surface area contributed by atoms with Gasteiger partial charge in [-0.05, 0) is 11.6 Å². The fourth-order valence-corrected chi connectivity index (χ4v) is 0.271. The summed E-state index contributed by atoms with van der Waals surface area (Å²) in [4.78, 5) is 20.0. The van der Waals surface area contributed by atoms with Gasteiger partial charge in [-0.3, -0.25) is 15.0 Å². The van der Waals surface area contributed by atoms with E-state index in [2.05, 4.69) is 0 Å². The van der Waals surface area contributed by atoms with Crippen molar-refractivity contribution >= 4 is 28.3 Å². The zero-order valence-electron chi connectivity index (χ0n) is 4.19. The van der Waals surface area contributed by atoms with Crippen LogP contribution in [0.5, 0.6) is 0 Å². The summed E-state index contributed by atoms with van der Waals surface area (Å²) in [7, 11) is 0. The molecule has 0 atom stereocenters. The molecule has 0 aromatic carbocycles. The van der Waals surface area contributed by atoms with Crippen LogP contribution < -0.4 is 0 Å². The predicted molar refractivity (Wildman–Crippen MR) is 29.3 cm³/mol. The van der Waals surface area contributed by atoms with E-state index in [0.29, 0.717) is 0 Å². The molecule has 0 amide bonds. The van der Waals surface area contributed by atoms with Gasteiger partial charge < -0.3 is 0 Å². The van der Waals surface area contributed by atoms with Crippen LogP contribution in [0, 0.1) is 5.41 Å². The Morgan fingerprint density at radius 2 is 1.88 bits per heavy atom. The third-order valence-corrected chi connectivity index (χ3v) is 0.738. The van der Waals surface area contributed by atoms with Crippen LogP contribution in [0.25, 0.3) is 0 Å². The Morgan fingerprint density at radius 3 is 1.88 bits per heavy atom. The molecule has 0 aliphatic heterocycles. The second-order valence-electron chi connectivity index (χ2n) is 1.20. The van der Waals surface area contributed by atoms with E-state index >= 15 is 0 Å². The van der Waals surface area contributed by atoms with Crippen LogP contribution in [0.1, 0.15) is 6.92 Å². The summed E-state index contributed by atoms with van der Waals surface area (Å²) in [6.07, 6.45) is 0. The summed E-state index contributed by atoms with van der Waals surface area (Å²) in [6.45, 7) is 1.11. The standard InChI is InChI=1S/C4H4ClNO2/c1-2(7)3(6)4(5)8/h6H,1H3. The summed E-state index contributed by atoms with van der Waals surface area (Å²) in [5.41, 5.74) is -0.660. The molecule has 0 aliphatic carbocycles. The molecule has 0 aromatic heterocycles. The van der Waals surface area contributed by atoms with Crippen LogP contribution in [0.15, 0.2) is 0 Å². The molecule has 0 aromatic rings. The Balaban J connectivity index is 4.05.